The van der Waals surface area contributed by atoms with Gasteiger partial charge in [-0.15, -0.1) is 0 Å². The number of aryl methyl sites for hydroxylation is 2. The minimum absolute atomic E-state index is 0.182. The molecule has 0 atom stereocenters. The Hall–Kier alpha value is -3.38. The van der Waals surface area contributed by atoms with Crippen LogP contribution in [0.25, 0.3) is 11.0 Å². The Labute approximate surface area is 204 Å². The molecule has 6 nitrogen and oxygen atoms in total. The minimum Gasteiger partial charge on any atom is -0.355 e. The van der Waals surface area contributed by atoms with Crippen LogP contribution < -0.4 is 10.2 Å². The molecule has 1 fully saturated rings. The van der Waals surface area contributed by atoms with E-state index in [1.807, 2.05) is 31.6 Å². The molecule has 0 saturated carbocycles. The Morgan fingerprint density at radius 3 is 2.74 bits per heavy atom. The molecule has 3 heterocycles. The third-order valence-corrected chi connectivity index (χ3v) is 6.79. The lowest BCUT2D eigenvalue weighted by Gasteiger charge is -2.34. The highest BCUT2D eigenvalue weighted by molar-refractivity contribution is 6.31. The third kappa shape index (κ3) is 4.92. The number of para-hydroxylation sites is 2. The highest BCUT2D eigenvalue weighted by atomic mass is 35.5. The molecule has 1 saturated heterocycles. The van der Waals surface area contributed by atoms with E-state index < -0.39 is 0 Å². The van der Waals surface area contributed by atoms with Crippen LogP contribution in [-0.2, 0) is 6.54 Å². The number of carbonyl (C=O) groups is 1. The molecule has 0 bridgehead atoms. The topological polar surface area (TPSA) is 63.1 Å². The maximum Gasteiger partial charge on any atom is 0.255 e. The highest BCUT2D eigenvalue weighted by Gasteiger charge is 2.23. The largest absolute Gasteiger partial charge is 0.355 e. The van der Waals surface area contributed by atoms with Crippen molar-refractivity contribution in [3.05, 3.63) is 83.3 Å². The van der Waals surface area contributed by atoms with Gasteiger partial charge in [0.1, 0.15) is 0 Å². The van der Waals surface area contributed by atoms with Gasteiger partial charge in [-0.2, -0.15) is 0 Å². The van der Waals surface area contributed by atoms with E-state index in [1.54, 1.807) is 24.3 Å². The van der Waals surface area contributed by atoms with Gasteiger partial charge in [0.2, 0.25) is 0 Å². The third-order valence-electron chi connectivity index (χ3n) is 6.56. The van der Waals surface area contributed by atoms with E-state index in [0.717, 1.165) is 61.5 Å². The molecule has 5 rings (SSSR count). The van der Waals surface area contributed by atoms with Gasteiger partial charge in [-0.1, -0.05) is 29.8 Å². The van der Waals surface area contributed by atoms with Crippen LogP contribution in [-0.4, -0.2) is 33.5 Å². The number of halogens is 1. The Morgan fingerprint density at radius 1 is 1.09 bits per heavy atom. The van der Waals surface area contributed by atoms with E-state index in [-0.39, 0.29) is 5.91 Å². The maximum absolute atomic E-state index is 12.8. The summed E-state index contributed by atoms with van der Waals surface area (Å²) in [6.45, 7) is 4.81. The molecule has 0 spiro atoms. The molecule has 0 aliphatic carbocycles. The number of fused-ring (bicyclic) bond motifs is 1. The normalized spacial score (nSPS) is 14.5. The van der Waals surface area contributed by atoms with E-state index in [4.69, 9.17) is 11.6 Å². The number of rotatable bonds is 6. The Morgan fingerprint density at radius 2 is 1.91 bits per heavy atom. The maximum atomic E-state index is 12.8. The van der Waals surface area contributed by atoms with Gasteiger partial charge in [-0.25, -0.2) is 9.97 Å². The smallest absolute Gasteiger partial charge is 0.255 e. The van der Waals surface area contributed by atoms with Gasteiger partial charge in [0.25, 0.3) is 5.91 Å². The predicted octanol–water partition coefficient (Wildman–Crippen LogP) is 5.95. The zero-order chi connectivity index (χ0) is 23.5. The lowest BCUT2D eigenvalue weighted by Crippen LogP contribution is -2.35. The molecule has 1 amide bonds. The second-order valence-electron chi connectivity index (χ2n) is 8.99. The van der Waals surface area contributed by atoms with Gasteiger partial charge in [0, 0.05) is 36.4 Å². The number of imidazole rings is 1. The highest BCUT2D eigenvalue weighted by Crippen LogP contribution is 2.30. The van der Waals surface area contributed by atoms with Crippen molar-refractivity contribution in [2.24, 2.45) is 5.92 Å². The zero-order valence-electron chi connectivity index (χ0n) is 19.2. The van der Waals surface area contributed by atoms with Crippen LogP contribution >= 0.6 is 11.6 Å². The molecule has 1 aliphatic heterocycles. The molecule has 1 N–H and O–H groups in total. The van der Waals surface area contributed by atoms with Crippen molar-refractivity contribution < 1.29 is 4.79 Å². The molecule has 34 heavy (non-hydrogen) atoms. The Balaban J connectivity index is 1.23. The molecule has 174 valence electrons. The van der Waals surface area contributed by atoms with Crippen LogP contribution in [0.15, 0.2) is 67.1 Å². The predicted molar refractivity (Wildman–Crippen MR) is 138 cm³/mol. The molecule has 0 unspecified atom stereocenters. The quantitative estimate of drug-likeness (QED) is 0.375. The zero-order valence-corrected chi connectivity index (χ0v) is 20.0. The Kier molecular flexibility index (Phi) is 6.50. The van der Waals surface area contributed by atoms with E-state index in [1.165, 1.54) is 5.52 Å². The number of nitrogens with zero attached hydrogens (tertiary/aromatic N) is 4. The monoisotopic (exact) mass is 473 g/mol. The van der Waals surface area contributed by atoms with Crippen LogP contribution in [0, 0.1) is 12.8 Å². The number of amides is 1. The van der Waals surface area contributed by atoms with Crippen molar-refractivity contribution in [3.8, 4) is 0 Å². The van der Waals surface area contributed by atoms with Crippen LogP contribution in [0.1, 0.15) is 35.2 Å². The molecular weight excluding hydrogens is 446 g/mol. The van der Waals surface area contributed by atoms with Crippen LogP contribution in [0.2, 0.25) is 5.02 Å². The van der Waals surface area contributed by atoms with Gasteiger partial charge < -0.3 is 14.8 Å². The first-order chi connectivity index (χ1) is 16.6. The number of anilines is 2. The number of carbonyl (C=O) groups excluding carboxylic acids is 1. The fourth-order valence-electron chi connectivity index (χ4n) is 4.67. The standard InChI is InChI=1S/C27H28ClN5O/c1-19-15-24(31-27(34)21-5-4-6-22(28)16-21)26(29-17-19)32-12-9-20(10-13-32)11-14-33-18-30-23-7-2-3-8-25(23)33/h2-8,15-18,20H,9-14H2,1H3,(H,31,34). The molecule has 0 radical (unpaired) electrons. The SMILES string of the molecule is Cc1cnc(N2CCC(CCn3cnc4ccccc43)CC2)c(NC(=O)c2cccc(Cl)c2)c1. The summed E-state index contributed by atoms with van der Waals surface area (Å²) in [5.41, 5.74) is 4.53. The number of benzene rings is 2. The van der Waals surface area contributed by atoms with Crippen molar-refractivity contribution >= 4 is 40.0 Å². The summed E-state index contributed by atoms with van der Waals surface area (Å²) in [5.74, 6) is 1.31. The fraction of sp³-hybridized carbons (Fsp3) is 0.296. The average molecular weight is 474 g/mol. The number of pyridine rings is 1. The summed E-state index contributed by atoms with van der Waals surface area (Å²) in [7, 11) is 0. The van der Waals surface area contributed by atoms with Gasteiger partial charge in [0.05, 0.1) is 23.0 Å². The van der Waals surface area contributed by atoms with Crippen LogP contribution in [0.3, 0.4) is 0 Å². The lowest BCUT2D eigenvalue weighted by atomic mass is 9.93. The van der Waals surface area contributed by atoms with Crippen molar-refractivity contribution in [1.29, 1.82) is 0 Å². The average Bonchev–Trinajstić information content (AvgIpc) is 3.26. The molecular formula is C27H28ClN5O. The fourth-order valence-corrected chi connectivity index (χ4v) is 4.86. The molecule has 4 aromatic rings. The number of hydrogen-bond donors (Lipinski definition) is 1. The molecule has 1 aliphatic rings. The number of nitrogens with one attached hydrogen (secondary N) is 1. The lowest BCUT2D eigenvalue weighted by molar-refractivity contribution is 0.102. The summed E-state index contributed by atoms with van der Waals surface area (Å²) in [4.78, 5) is 24.3. The second kappa shape index (κ2) is 9.85. The Bertz CT molecular complexity index is 1310. The van der Waals surface area contributed by atoms with Crippen molar-refractivity contribution in [3.63, 3.8) is 0 Å². The van der Waals surface area contributed by atoms with E-state index in [2.05, 4.69) is 43.0 Å². The van der Waals surface area contributed by atoms with E-state index in [0.29, 0.717) is 16.5 Å². The summed E-state index contributed by atoms with van der Waals surface area (Å²) in [6, 6.07) is 17.3. The summed E-state index contributed by atoms with van der Waals surface area (Å²) >= 11 is 6.07. The minimum atomic E-state index is -0.182. The van der Waals surface area contributed by atoms with Crippen LogP contribution in [0.5, 0.6) is 0 Å². The molecule has 7 heteroatoms. The van der Waals surface area contributed by atoms with Crippen molar-refractivity contribution in [1.82, 2.24) is 14.5 Å². The van der Waals surface area contributed by atoms with Crippen molar-refractivity contribution in [2.75, 3.05) is 23.3 Å². The summed E-state index contributed by atoms with van der Waals surface area (Å²) < 4.78 is 2.26. The van der Waals surface area contributed by atoms with Gasteiger partial charge >= 0.3 is 0 Å². The first kappa shape index (κ1) is 22.4. The number of piperidine rings is 1. The number of hydrogen-bond acceptors (Lipinski definition) is 4. The van der Waals surface area contributed by atoms with Crippen molar-refractivity contribution in [2.45, 2.75) is 32.7 Å². The second-order valence-corrected chi connectivity index (χ2v) is 9.43. The van der Waals surface area contributed by atoms with Gasteiger partial charge in [0.15, 0.2) is 5.82 Å². The van der Waals surface area contributed by atoms with E-state index in [9.17, 15) is 4.79 Å². The van der Waals surface area contributed by atoms with E-state index >= 15 is 0 Å². The van der Waals surface area contributed by atoms with Crippen LogP contribution in [0.4, 0.5) is 11.5 Å². The first-order valence-electron chi connectivity index (χ1n) is 11.8. The van der Waals surface area contributed by atoms with Gasteiger partial charge in [-0.3, -0.25) is 4.79 Å². The number of aromatic nitrogens is 3. The summed E-state index contributed by atoms with van der Waals surface area (Å²) in [5, 5.41) is 3.59. The summed E-state index contributed by atoms with van der Waals surface area (Å²) in [6.07, 6.45) is 7.15. The molecule has 2 aromatic heterocycles. The van der Waals surface area contributed by atoms with Gasteiger partial charge in [-0.05, 0) is 74.1 Å². The first-order valence-corrected chi connectivity index (χ1v) is 12.1. The molecule has 2 aromatic carbocycles.